The first kappa shape index (κ1) is 22.7. The maximum atomic E-state index is 13.0. The number of pyridine rings is 2. The van der Waals surface area contributed by atoms with Gasteiger partial charge in [0.05, 0.1) is 21.7 Å². The molecule has 0 radical (unpaired) electrons. The number of aromatic nitrogens is 2. The average molecular weight is 459 g/mol. The fourth-order valence-electron chi connectivity index (χ4n) is 2.69. The van der Waals surface area contributed by atoms with Crippen LogP contribution in [0.1, 0.15) is 29.9 Å². The number of ether oxygens (including phenoxy) is 1. The lowest BCUT2D eigenvalue weighted by atomic mass is 10.1. The van der Waals surface area contributed by atoms with E-state index in [0.717, 1.165) is 5.82 Å². The number of hydrogen-bond acceptors (Lipinski definition) is 6. The molecule has 1 N–H and O–H groups in total. The second-order valence-corrected chi connectivity index (χ2v) is 8.84. The second-order valence-electron chi connectivity index (χ2n) is 7.19. The first-order chi connectivity index (χ1) is 14.7. The number of nitrogens with one attached hydrogen (secondary N) is 1. The first-order valence-electron chi connectivity index (χ1n) is 9.53. The van der Waals surface area contributed by atoms with Crippen molar-refractivity contribution in [1.82, 2.24) is 9.97 Å². The number of halogens is 1. The maximum Gasteiger partial charge on any atom is 0.215 e. The molecule has 2 aromatic heterocycles. The van der Waals surface area contributed by atoms with Crippen molar-refractivity contribution in [3.63, 3.8) is 0 Å². The standard InChI is InChI=1S/C22H23ClN4O3S/c1-14(2)30-17-6-8-18(9-7-17)31(29)26-19-11-16(23)13-25-21(19)22(28)15-5-10-20(24-12-15)27(3)4/h5-14,26H,1-4H3. The van der Waals surface area contributed by atoms with Crippen molar-refractivity contribution in [3.05, 3.63) is 71.1 Å². The summed E-state index contributed by atoms with van der Waals surface area (Å²) in [5.74, 6) is 1.06. The van der Waals surface area contributed by atoms with Crippen LogP contribution in [-0.4, -0.2) is 40.2 Å². The molecule has 0 aliphatic carbocycles. The van der Waals surface area contributed by atoms with E-state index >= 15 is 0 Å². The van der Waals surface area contributed by atoms with Gasteiger partial charge in [-0.3, -0.25) is 9.52 Å². The lowest BCUT2D eigenvalue weighted by molar-refractivity contribution is 0.103. The second kappa shape index (κ2) is 9.89. The van der Waals surface area contributed by atoms with Crippen molar-refractivity contribution < 1.29 is 13.7 Å². The molecule has 31 heavy (non-hydrogen) atoms. The van der Waals surface area contributed by atoms with Gasteiger partial charge in [-0.1, -0.05) is 11.6 Å². The van der Waals surface area contributed by atoms with Gasteiger partial charge in [0.1, 0.15) is 28.2 Å². The van der Waals surface area contributed by atoms with Crippen molar-refractivity contribution in [1.29, 1.82) is 0 Å². The number of benzene rings is 1. The molecule has 1 unspecified atom stereocenters. The largest absolute Gasteiger partial charge is 0.491 e. The average Bonchev–Trinajstić information content (AvgIpc) is 2.73. The van der Waals surface area contributed by atoms with Crippen molar-refractivity contribution >= 4 is 39.9 Å². The van der Waals surface area contributed by atoms with Crippen LogP contribution in [0.2, 0.25) is 5.02 Å². The summed E-state index contributed by atoms with van der Waals surface area (Å²) in [5.41, 5.74) is 0.747. The summed E-state index contributed by atoms with van der Waals surface area (Å²) in [7, 11) is 2.09. The number of ketones is 1. The Labute approximate surface area is 189 Å². The molecular weight excluding hydrogens is 436 g/mol. The van der Waals surface area contributed by atoms with Gasteiger partial charge in [0.2, 0.25) is 5.78 Å². The summed E-state index contributed by atoms with van der Waals surface area (Å²) >= 11 is 6.07. The van der Waals surface area contributed by atoms with Crippen LogP contribution in [0.5, 0.6) is 5.75 Å². The molecule has 0 aliphatic heterocycles. The Morgan fingerprint density at radius 1 is 1.10 bits per heavy atom. The van der Waals surface area contributed by atoms with E-state index < -0.39 is 11.0 Å². The fraction of sp³-hybridized carbons (Fsp3) is 0.227. The molecule has 9 heteroatoms. The number of anilines is 2. The highest BCUT2D eigenvalue weighted by Gasteiger charge is 2.19. The zero-order chi connectivity index (χ0) is 22.5. The molecule has 162 valence electrons. The van der Waals surface area contributed by atoms with Crippen molar-refractivity contribution in [3.8, 4) is 5.75 Å². The molecule has 3 aromatic rings. The lowest BCUT2D eigenvalue weighted by Gasteiger charge is -2.13. The van der Waals surface area contributed by atoms with Crippen LogP contribution < -0.4 is 14.4 Å². The molecule has 1 aromatic carbocycles. The van der Waals surface area contributed by atoms with E-state index in [1.165, 1.54) is 18.5 Å². The van der Waals surface area contributed by atoms with Crippen molar-refractivity contribution in [2.75, 3.05) is 23.7 Å². The van der Waals surface area contributed by atoms with Gasteiger partial charge >= 0.3 is 0 Å². The molecule has 0 amide bonds. The van der Waals surface area contributed by atoms with Crippen LogP contribution in [-0.2, 0) is 11.0 Å². The van der Waals surface area contributed by atoms with E-state index in [-0.39, 0.29) is 23.3 Å². The number of carbonyl (C=O) groups is 1. The number of rotatable bonds is 8. The van der Waals surface area contributed by atoms with Crippen molar-refractivity contribution in [2.24, 2.45) is 0 Å². The Hall–Kier alpha value is -2.97. The highest BCUT2D eigenvalue weighted by Crippen LogP contribution is 2.24. The minimum absolute atomic E-state index is 0.0434. The molecular formula is C22H23ClN4O3S. The van der Waals surface area contributed by atoms with Gasteiger partial charge in [-0.2, -0.15) is 0 Å². The molecule has 2 heterocycles. The summed E-state index contributed by atoms with van der Waals surface area (Å²) in [6.07, 6.45) is 2.91. The Morgan fingerprint density at radius 2 is 1.81 bits per heavy atom. The Bertz CT molecular complexity index is 1090. The van der Waals surface area contributed by atoms with Crippen LogP contribution in [0.15, 0.2) is 59.8 Å². The molecule has 0 spiro atoms. The normalized spacial score (nSPS) is 11.8. The predicted molar refractivity (Wildman–Crippen MR) is 123 cm³/mol. The van der Waals surface area contributed by atoms with Crippen LogP contribution in [0.25, 0.3) is 0 Å². The Kier molecular flexibility index (Phi) is 7.25. The number of nitrogens with zero attached hydrogens (tertiary/aromatic N) is 3. The molecule has 0 saturated heterocycles. The van der Waals surface area contributed by atoms with Crippen molar-refractivity contribution in [2.45, 2.75) is 24.8 Å². The maximum absolute atomic E-state index is 13.0. The minimum Gasteiger partial charge on any atom is -0.491 e. The van der Waals surface area contributed by atoms with Gasteiger partial charge in [-0.25, -0.2) is 14.2 Å². The van der Waals surface area contributed by atoms with Crippen LogP contribution >= 0.6 is 11.6 Å². The Morgan fingerprint density at radius 3 is 2.39 bits per heavy atom. The number of hydrogen-bond donors (Lipinski definition) is 1. The van der Waals surface area contributed by atoms with Gasteiger partial charge in [0.25, 0.3) is 0 Å². The first-order valence-corrected chi connectivity index (χ1v) is 11.1. The lowest BCUT2D eigenvalue weighted by Crippen LogP contribution is -2.14. The van der Waals surface area contributed by atoms with Gasteiger partial charge in [0.15, 0.2) is 0 Å². The zero-order valence-electron chi connectivity index (χ0n) is 17.6. The molecule has 7 nitrogen and oxygen atoms in total. The third kappa shape index (κ3) is 5.80. The van der Waals surface area contributed by atoms with Crippen LogP contribution in [0.3, 0.4) is 0 Å². The van der Waals surface area contributed by atoms with E-state index in [2.05, 4.69) is 14.7 Å². The summed E-state index contributed by atoms with van der Waals surface area (Å²) in [5, 5.41) is 0.317. The van der Waals surface area contributed by atoms with Gasteiger partial charge in [-0.05, 0) is 56.3 Å². The molecule has 0 aliphatic rings. The van der Waals surface area contributed by atoms with Crippen LogP contribution in [0.4, 0.5) is 11.5 Å². The molecule has 0 saturated carbocycles. The quantitative estimate of drug-likeness (QED) is 0.505. The van der Waals surface area contributed by atoms with Crippen LogP contribution in [0, 0.1) is 0 Å². The smallest absolute Gasteiger partial charge is 0.215 e. The zero-order valence-corrected chi connectivity index (χ0v) is 19.2. The topological polar surface area (TPSA) is 84.4 Å². The molecule has 0 fully saturated rings. The Balaban J connectivity index is 1.84. The molecule has 0 bridgehead atoms. The number of carbonyl (C=O) groups excluding carboxylic acids is 1. The highest BCUT2D eigenvalue weighted by molar-refractivity contribution is 7.86. The van der Waals surface area contributed by atoms with E-state index in [0.29, 0.717) is 21.2 Å². The summed E-state index contributed by atoms with van der Waals surface area (Å²) in [6, 6.07) is 11.8. The third-order valence-electron chi connectivity index (χ3n) is 4.15. The molecule has 3 rings (SSSR count). The van der Waals surface area contributed by atoms with E-state index in [1.54, 1.807) is 36.4 Å². The molecule has 1 atom stereocenters. The monoisotopic (exact) mass is 458 g/mol. The van der Waals surface area contributed by atoms with Gasteiger partial charge in [-0.15, -0.1) is 0 Å². The van der Waals surface area contributed by atoms with E-state index in [9.17, 15) is 9.00 Å². The fourth-order valence-corrected chi connectivity index (χ4v) is 3.71. The minimum atomic E-state index is -1.64. The summed E-state index contributed by atoms with van der Waals surface area (Å²) in [6.45, 7) is 3.86. The summed E-state index contributed by atoms with van der Waals surface area (Å²) in [4.78, 5) is 23.8. The predicted octanol–water partition coefficient (Wildman–Crippen LogP) is 4.35. The third-order valence-corrected chi connectivity index (χ3v) is 5.46. The van der Waals surface area contributed by atoms with E-state index in [4.69, 9.17) is 16.3 Å². The summed E-state index contributed by atoms with van der Waals surface area (Å²) < 4.78 is 21.3. The van der Waals surface area contributed by atoms with Gasteiger partial charge in [0, 0.05) is 32.1 Å². The highest BCUT2D eigenvalue weighted by atomic mass is 35.5. The van der Waals surface area contributed by atoms with Gasteiger partial charge < -0.3 is 9.64 Å². The SMILES string of the molecule is CC(C)Oc1ccc(S(=O)Nc2cc(Cl)cnc2C(=O)c2ccc(N(C)C)nc2)cc1. The van der Waals surface area contributed by atoms with E-state index in [1.807, 2.05) is 32.8 Å².